The topological polar surface area (TPSA) is 143 Å². The molecule has 0 bridgehead atoms. The van der Waals surface area contributed by atoms with Crippen molar-refractivity contribution in [2.45, 2.75) is 0 Å². The molecule has 3 rings (SSSR count). The van der Waals surface area contributed by atoms with Crippen molar-refractivity contribution in [2.75, 3.05) is 42.1 Å². The molecule has 0 fully saturated rings. The number of nitrogens with one attached hydrogen (secondary N) is 2. The molecule has 0 atom stereocenters. The number of carbonyl (C=O) groups excluding carboxylic acids is 3. The fourth-order valence-corrected chi connectivity index (χ4v) is 3.45. The van der Waals surface area contributed by atoms with Crippen molar-refractivity contribution in [3.8, 4) is 34.5 Å². The van der Waals surface area contributed by atoms with Gasteiger partial charge in [0.2, 0.25) is 5.75 Å². The van der Waals surface area contributed by atoms with Gasteiger partial charge in [0.25, 0.3) is 11.8 Å². The summed E-state index contributed by atoms with van der Waals surface area (Å²) in [6.45, 7) is -0.338. The Hall–Kier alpha value is -5.26. The van der Waals surface area contributed by atoms with Gasteiger partial charge in [-0.05, 0) is 54.1 Å². The largest absolute Gasteiger partial charge is 0.497 e. The molecular weight excluding hydrogens is 522 g/mol. The van der Waals surface area contributed by atoms with Crippen LogP contribution in [0.2, 0.25) is 0 Å². The number of hydrazone groups is 1. The van der Waals surface area contributed by atoms with Crippen LogP contribution < -0.4 is 39.2 Å². The smallest absolute Gasteiger partial charge is 0.343 e. The monoisotopic (exact) mass is 551 g/mol. The maximum atomic E-state index is 12.5. The van der Waals surface area contributed by atoms with Crippen LogP contribution in [0.15, 0.2) is 59.7 Å². The van der Waals surface area contributed by atoms with Gasteiger partial charge in [-0.1, -0.05) is 6.07 Å². The molecule has 2 amide bonds. The summed E-state index contributed by atoms with van der Waals surface area (Å²) in [5.41, 5.74) is 3.41. The molecule has 12 heteroatoms. The summed E-state index contributed by atoms with van der Waals surface area (Å²) in [6, 6.07) is 14.2. The molecule has 40 heavy (non-hydrogen) atoms. The highest BCUT2D eigenvalue weighted by molar-refractivity contribution is 5.97. The second-order valence-corrected chi connectivity index (χ2v) is 7.92. The van der Waals surface area contributed by atoms with Gasteiger partial charge in [0, 0.05) is 5.56 Å². The molecule has 3 aromatic carbocycles. The Morgan fingerprint density at radius 3 is 2.08 bits per heavy atom. The first-order valence-electron chi connectivity index (χ1n) is 11.8. The van der Waals surface area contributed by atoms with Gasteiger partial charge in [0.1, 0.15) is 5.75 Å². The van der Waals surface area contributed by atoms with Crippen LogP contribution in [0.25, 0.3) is 0 Å². The zero-order valence-electron chi connectivity index (χ0n) is 22.6. The number of ether oxygens (including phenoxy) is 6. The quantitative estimate of drug-likeness (QED) is 0.150. The zero-order valence-corrected chi connectivity index (χ0v) is 22.6. The molecule has 0 aliphatic carbocycles. The van der Waals surface area contributed by atoms with Crippen LogP contribution in [0.4, 0.5) is 0 Å². The van der Waals surface area contributed by atoms with Gasteiger partial charge < -0.3 is 33.7 Å². The van der Waals surface area contributed by atoms with Crippen LogP contribution in [0.5, 0.6) is 34.5 Å². The normalized spacial score (nSPS) is 10.4. The van der Waals surface area contributed by atoms with E-state index in [1.54, 1.807) is 36.4 Å². The number of hydrogen-bond donors (Lipinski definition) is 2. The van der Waals surface area contributed by atoms with Crippen LogP contribution in [0, 0.1) is 0 Å². The summed E-state index contributed by atoms with van der Waals surface area (Å²) >= 11 is 0. The Balaban J connectivity index is 1.57. The molecule has 0 saturated carbocycles. The van der Waals surface area contributed by atoms with Crippen molar-refractivity contribution < 1.29 is 42.8 Å². The lowest BCUT2D eigenvalue weighted by Crippen LogP contribution is -2.34. The third kappa shape index (κ3) is 7.40. The number of carbonyl (C=O) groups is 3. The fraction of sp³-hybridized carbons (Fsp3) is 0.214. The molecule has 0 heterocycles. The predicted molar refractivity (Wildman–Crippen MR) is 145 cm³/mol. The first kappa shape index (κ1) is 29.3. The second kappa shape index (κ2) is 14.0. The van der Waals surface area contributed by atoms with E-state index < -0.39 is 17.8 Å². The summed E-state index contributed by atoms with van der Waals surface area (Å²) in [5.74, 6) is 0.281. The van der Waals surface area contributed by atoms with E-state index in [2.05, 4.69) is 15.8 Å². The lowest BCUT2D eigenvalue weighted by atomic mass is 10.1. The Kier molecular flexibility index (Phi) is 10.3. The zero-order chi connectivity index (χ0) is 29.1. The molecule has 210 valence electrons. The lowest BCUT2D eigenvalue weighted by Gasteiger charge is -2.14. The average molecular weight is 552 g/mol. The van der Waals surface area contributed by atoms with E-state index in [1.165, 1.54) is 60.0 Å². The van der Waals surface area contributed by atoms with E-state index in [0.29, 0.717) is 34.1 Å². The number of hydrogen-bond acceptors (Lipinski definition) is 10. The standard InChI is InChI=1S/C28H29N3O9/c1-35-20-8-6-7-18(12-20)28(34)40-21-10-9-17(11-22(21)36-2)15-30-31-25(32)16-29-27(33)19-13-23(37-3)26(39-5)24(14-19)38-4/h6-15H,16H2,1-5H3,(H,29,33)(H,31,32)/b30-15-. The summed E-state index contributed by atoms with van der Waals surface area (Å²) in [6.07, 6.45) is 1.37. The number of methoxy groups -OCH3 is 5. The molecular formula is C28H29N3O9. The molecule has 0 aliphatic heterocycles. The molecule has 3 aromatic rings. The Bertz CT molecular complexity index is 1380. The van der Waals surface area contributed by atoms with Crippen molar-refractivity contribution >= 4 is 24.0 Å². The molecule has 0 spiro atoms. The van der Waals surface area contributed by atoms with E-state index in [9.17, 15) is 14.4 Å². The number of esters is 1. The van der Waals surface area contributed by atoms with Crippen LogP contribution in [0.1, 0.15) is 26.3 Å². The van der Waals surface area contributed by atoms with E-state index in [1.807, 2.05) is 0 Å². The predicted octanol–water partition coefficient (Wildman–Crippen LogP) is 2.83. The minimum absolute atomic E-state index is 0.200. The summed E-state index contributed by atoms with van der Waals surface area (Å²) in [5, 5.41) is 6.39. The summed E-state index contributed by atoms with van der Waals surface area (Å²) < 4.78 is 31.6. The van der Waals surface area contributed by atoms with E-state index in [-0.39, 0.29) is 23.6 Å². The van der Waals surface area contributed by atoms with Crippen LogP contribution in [-0.2, 0) is 4.79 Å². The molecule has 0 radical (unpaired) electrons. The third-order valence-corrected chi connectivity index (χ3v) is 5.44. The van der Waals surface area contributed by atoms with E-state index >= 15 is 0 Å². The highest BCUT2D eigenvalue weighted by Gasteiger charge is 2.18. The van der Waals surface area contributed by atoms with Crippen molar-refractivity contribution in [3.63, 3.8) is 0 Å². The van der Waals surface area contributed by atoms with Gasteiger partial charge in [0.15, 0.2) is 23.0 Å². The third-order valence-electron chi connectivity index (χ3n) is 5.44. The molecule has 0 aromatic heterocycles. The maximum Gasteiger partial charge on any atom is 0.343 e. The van der Waals surface area contributed by atoms with Crippen molar-refractivity contribution in [1.29, 1.82) is 0 Å². The minimum Gasteiger partial charge on any atom is -0.497 e. The Labute approximate surface area is 230 Å². The Morgan fingerprint density at radius 1 is 0.750 bits per heavy atom. The van der Waals surface area contributed by atoms with Gasteiger partial charge in [-0.2, -0.15) is 5.10 Å². The van der Waals surface area contributed by atoms with Gasteiger partial charge in [-0.15, -0.1) is 0 Å². The van der Waals surface area contributed by atoms with Crippen LogP contribution in [-0.4, -0.2) is 66.1 Å². The first-order valence-corrected chi connectivity index (χ1v) is 11.8. The van der Waals surface area contributed by atoms with Crippen LogP contribution >= 0.6 is 0 Å². The number of benzene rings is 3. The number of nitrogens with zero attached hydrogens (tertiary/aromatic N) is 1. The molecule has 0 aliphatic rings. The van der Waals surface area contributed by atoms with Crippen LogP contribution in [0.3, 0.4) is 0 Å². The first-order chi connectivity index (χ1) is 19.3. The SMILES string of the molecule is COc1cccc(C(=O)Oc2ccc(/C=N\NC(=O)CNC(=O)c3cc(OC)c(OC)c(OC)c3)cc2OC)c1. The molecule has 2 N–H and O–H groups in total. The van der Waals surface area contributed by atoms with E-state index in [0.717, 1.165) is 0 Å². The second-order valence-electron chi connectivity index (χ2n) is 7.92. The van der Waals surface area contributed by atoms with Crippen molar-refractivity contribution in [3.05, 3.63) is 71.3 Å². The van der Waals surface area contributed by atoms with Crippen molar-refractivity contribution in [1.82, 2.24) is 10.7 Å². The highest BCUT2D eigenvalue weighted by atomic mass is 16.6. The van der Waals surface area contributed by atoms with Crippen molar-refractivity contribution in [2.24, 2.45) is 5.10 Å². The Morgan fingerprint density at radius 2 is 1.45 bits per heavy atom. The highest BCUT2D eigenvalue weighted by Crippen LogP contribution is 2.38. The molecule has 12 nitrogen and oxygen atoms in total. The summed E-state index contributed by atoms with van der Waals surface area (Å²) in [4.78, 5) is 37.3. The fourth-order valence-electron chi connectivity index (χ4n) is 3.45. The van der Waals surface area contributed by atoms with Gasteiger partial charge in [0.05, 0.1) is 53.9 Å². The maximum absolute atomic E-state index is 12.5. The van der Waals surface area contributed by atoms with Gasteiger partial charge in [-0.25, -0.2) is 10.2 Å². The molecule has 0 saturated heterocycles. The lowest BCUT2D eigenvalue weighted by molar-refractivity contribution is -0.120. The van der Waals surface area contributed by atoms with E-state index in [4.69, 9.17) is 28.4 Å². The number of rotatable bonds is 12. The molecule has 0 unspecified atom stereocenters. The minimum atomic E-state index is -0.584. The van der Waals surface area contributed by atoms with Gasteiger partial charge in [-0.3, -0.25) is 9.59 Å². The summed E-state index contributed by atoms with van der Waals surface area (Å²) in [7, 11) is 7.25. The van der Waals surface area contributed by atoms with Gasteiger partial charge >= 0.3 is 5.97 Å². The average Bonchev–Trinajstić information content (AvgIpc) is 2.99. The number of amides is 2.